The van der Waals surface area contributed by atoms with E-state index in [4.69, 9.17) is 21.8 Å². The number of carbonyl (C=O) groups is 2. The number of halogens is 1. The van der Waals surface area contributed by atoms with Gasteiger partial charge in [-0.15, -0.1) is 0 Å². The standard InChI is InChI=1S/C16H18ClN3O4/c1-10-4-15(11-2-3-14(17)12(5-11)7-21)19-20(10)6-16(24)18-13(8-22)9-23/h2-5,7,13,22-23H,6,8-9H2,1H3,(H,18,24). The predicted octanol–water partition coefficient (Wildman–Crippen LogP) is 0.794. The molecule has 7 nitrogen and oxygen atoms in total. The van der Waals surface area contributed by atoms with Gasteiger partial charge >= 0.3 is 0 Å². The minimum atomic E-state index is -0.695. The number of hydrogen-bond acceptors (Lipinski definition) is 5. The van der Waals surface area contributed by atoms with Crippen molar-refractivity contribution in [2.24, 2.45) is 0 Å². The Balaban J connectivity index is 2.18. The lowest BCUT2D eigenvalue weighted by Gasteiger charge is -2.13. The molecule has 1 aromatic carbocycles. The SMILES string of the molecule is Cc1cc(-c2ccc(Cl)c(C=O)c2)nn1CC(=O)NC(CO)CO. The van der Waals surface area contributed by atoms with Gasteiger partial charge in [-0.3, -0.25) is 14.3 Å². The lowest BCUT2D eigenvalue weighted by molar-refractivity contribution is -0.123. The maximum absolute atomic E-state index is 11.9. The Morgan fingerprint density at radius 1 is 1.38 bits per heavy atom. The highest BCUT2D eigenvalue weighted by atomic mass is 35.5. The minimum absolute atomic E-state index is 0.0452. The van der Waals surface area contributed by atoms with Crippen molar-refractivity contribution in [3.63, 3.8) is 0 Å². The first kappa shape index (κ1) is 18.1. The van der Waals surface area contributed by atoms with Crippen molar-refractivity contribution >= 4 is 23.8 Å². The molecule has 2 aromatic rings. The normalized spacial score (nSPS) is 10.9. The maximum Gasteiger partial charge on any atom is 0.242 e. The van der Waals surface area contributed by atoms with E-state index < -0.39 is 6.04 Å². The molecule has 1 heterocycles. The van der Waals surface area contributed by atoms with Gasteiger partial charge in [0.05, 0.1) is 30.0 Å². The van der Waals surface area contributed by atoms with Crippen molar-refractivity contribution < 1.29 is 19.8 Å². The third kappa shape index (κ3) is 4.19. The Bertz CT molecular complexity index is 741. The fourth-order valence-corrected chi connectivity index (χ4v) is 2.33. The molecule has 3 N–H and O–H groups in total. The number of amides is 1. The highest BCUT2D eigenvalue weighted by molar-refractivity contribution is 6.33. The summed E-state index contributed by atoms with van der Waals surface area (Å²) in [6.07, 6.45) is 0.674. The van der Waals surface area contributed by atoms with Gasteiger partial charge < -0.3 is 15.5 Å². The van der Waals surface area contributed by atoms with Crippen molar-refractivity contribution in [3.8, 4) is 11.3 Å². The molecule has 8 heteroatoms. The largest absolute Gasteiger partial charge is 0.394 e. The molecule has 2 rings (SSSR count). The van der Waals surface area contributed by atoms with Crippen LogP contribution in [-0.2, 0) is 11.3 Å². The molecule has 0 fully saturated rings. The first-order valence-corrected chi connectivity index (χ1v) is 7.67. The van der Waals surface area contributed by atoms with Gasteiger partial charge in [-0.25, -0.2) is 0 Å². The molecule has 0 spiro atoms. The molecule has 0 bridgehead atoms. The number of hydrogen-bond donors (Lipinski definition) is 3. The molecular formula is C16H18ClN3O4. The van der Waals surface area contributed by atoms with Crippen molar-refractivity contribution in [1.29, 1.82) is 0 Å². The van der Waals surface area contributed by atoms with Gasteiger partial charge in [0.25, 0.3) is 0 Å². The van der Waals surface area contributed by atoms with Gasteiger partial charge in [0.1, 0.15) is 6.54 Å². The number of nitrogens with one attached hydrogen (secondary N) is 1. The van der Waals surface area contributed by atoms with E-state index in [2.05, 4.69) is 10.4 Å². The summed E-state index contributed by atoms with van der Waals surface area (Å²) >= 11 is 5.91. The van der Waals surface area contributed by atoms with Gasteiger partial charge in [0, 0.05) is 16.8 Å². The second-order valence-electron chi connectivity index (χ2n) is 5.31. The van der Waals surface area contributed by atoms with Gasteiger partial charge in [-0.1, -0.05) is 17.7 Å². The van der Waals surface area contributed by atoms with E-state index in [1.54, 1.807) is 31.2 Å². The van der Waals surface area contributed by atoms with Crippen LogP contribution in [0.25, 0.3) is 11.3 Å². The molecule has 1 amide bonds. The van der Waals surface area contributed by atoms with E-state index in [0.717, 1.165) is 5.69 Å². The first-order valence-electron chi connectivity index (χ1n) is 7.29. The molecule has 0 radical (unpaired) electrons. The predicted molar refractivity (Wildman–Crippen MR) is 88.9 cm³/mol. The van der Waals surface area contributed by atoms with E-state index in [1.807, 2.05) is 0 Å². The van der Waals surface area contributed by atoms with Crippen molar-refractivity contribution in [2.45, 2.75) is 19.5 Å². The Labute approximate surface area is 143 Å². The Kier molecular flexibility index (Phi) is 6.08. The third-order valence-corrected chi connectivity index (χ3v) is 3.84. The van der Waals surface area contributed by atoms with Gasteiger partial charge in [-0.2, -0.15) is 5.10 Å². The number of aliphatic hydroxyl groups excluding tert-OH is 2. The minimum Gasteiger partial charge on any atom is -0.394 e. The van der Waals surface area contributed by atoms with Crippen LogP contribution in [0.2, 0.25) is 5.02 Å². The van der Waals surface area contributed by atoms with Crippen molar-refractivity contribution in [3.05, 3.63) is 40.5 Å². The molecule has 24 heavy (non-hydrogen) atoms. The van der Waals surface area contributed by atoms with Crippen LogP contribution in [0, 0.1) is 6.92 Å². The number of aryl methyl sites for hydroxylation is 1. The van der Waals surface area contributed by atoms with Crippen molar-refractivity contribution in [1.82, 2.24) is 15.1 Å². The van der Waals surface area contributed by atoms with E-state index >= 15 is 0 Å². The van der Waals surface area contributed by atoms with Gasteiger partial charge in [-0.05, 0) is 25.1 Å². The highest BCUT2D eigenvalue weighted by Gasteiger charge is 2.14. The summed E-state index contributed by atoms with van der Waals surface area (Å²) in [4.78, 5) is 22.9. The fourth-order valence-electron chi connectivity index (χ4n) is 2.16. The second kappa shape index (κ2) is 8.05. The molecule has 1 aromatic heterocycles. The van der Waals surface area contributed by atoms with Crippen LogP contribution >= 0.6 is 11.6 Å². The molecule has 0 aliphatic carbocycles. The summed E-state index contributed by atoms with van der Waals surface area (Å²) in [5.74, 6) is -0.370. The number of aliphatic hydroxyl groups is 2. The monoisotopic (exact) mass is 351 g/mol. The number of benzene rings is 1. The van der Waals surface area contributed by atoms with Crippen LogP contribution in [0.3, 0.4) is 0 Å². The lowest BCUT2D eigenvalue weighted by atomic mass is 10.1. The topological polar surface area (TPSA) is 104 Å². The maximum atomic E-state index is 11.9. The Morgan fingerprint density at radius 2 is 2.08 bits per heavy atom. The van der Waals surface area contributed by atoms with Crippen LogP contribution < -0.4 is 5.32 Å². The summed E-state index contributed by atoms with van der Waals surface area (Å²) in [5.41, 5.74) is 2.45. The summed E-state index contributed by atoms with van der Waals surface area (Å²) in [6.45, 7) is 1.07. The van der Waals surface area contributed by atoms with E-state index in [9.17, 15) is 9.59 Å². The Hall–Kier alpha value is -2.22. The highest BCUT2D eigenvalue weighted by Crippen LogP contribution is 2.24. The number of aldehydes is 1. The van der Waals surface area contributed by atoms with E-state index in [1.165, 1.54) is 4.68 Å². The zero-order chi connectivity index (χ0) is 17.7. The van der Waals surface area contributed by atoms with Crippen LogP contribution in [0.4, 0.5) is 0 Å². The van der Waals surface area contributed by atoms with Gasteiger partial charge in [0.2, 0.25) is 5.91 Å². The molecule has 0 saturated carbocycles. The van der Waals surface area contributed by atoms with Crippen LogP contribution in [0.5, 0.6) is 0 Å². The van der Waals surface area contributed by atoms with Crippen LogP contribution in [-0.4, -0.2) is 51.4 Å². The molecular weight excluding hydrogens is 334 g/mol. The summed E-state index contributed by atoms with van der Waals surface area (Å²) in [5, 5.41) is 25.2. The van der Waals surface area contributed by atoms with E-state index in [-0.39, 0.29) is 25.7 Å². The fraction of sp³-hybridized carbons (Fsp3) is 0.312. The molecule has 0 saturated heterocycles. The molecule has 0 atom stereocenters. The molecule has 0 aliphatic rings. The first-order chi connectivity index (χ1) is 11.5. The average molecular weight is 352 g/mol. The zero-order valence-corrected chi connectivity index (χ0v) is 13.8. The van der Waals surface area contributed by atoms with Gasteiger partial charge in [0.15, 0.2) is 6.29 Å². The average Bonchev–Trinajstić information content (AvgIpc) is 2.93. The third-order valence-electron chi connectivity index (χ3n) is 3.50. The number of aromatic nitrogens is 2. The van der Waals surface area contributed by atoms with E-state index in [0.29, 0.717) is 28.1 Å². The Morgan fingerprint density at radius 3 is 2.71 bits per heavy atom. The lowest BCUT2D eigenvalue weighted by Crippen LogP contribution is -2.41. The number of rotatable bonds is 7. The smallest absolute Gasteiger partial charge is 0.242 e. The summed E-state index contributed by atoms with van der Waals surface area (Å²) in [6, 6.07) is 6.10. The second-order valence-corrected chi connectivity index (χ2v) is 5.72. The summed E-state index contributed by atoms with van der Waals surface area (Å²) in [7, 11) is 0. The summed E-state index contributed by atoms with van der Waals surface area (Å²) < 4.78 is 1.51. The molecule has 128 valence electrons. The quantitative estimate of drug-likeness (QED) is 0.640. The number of carbonyl (C=O) groups excluding carboxylic acids is 2. The zero-order valence-electron chi connectivity index (χ0n) is 13.1. The molecule has 0 unspecified atom stereocenters. The molecule has 0 aliphatic heterocycles. The van der Waals surface area contributed by atoms with Crippen LogP contribution in [0.15, 0.2) is 24.3 Å². The van der Waals surface area contributed by atoms with Crippen molar-refractivity contribution in [2.75, 3.05) is 13.2 Å². The van der Waals surface area contributed by atoms with Crippen LogP contribution in [0.1, 0.15) is 16.1 Å². The number of nitrogens with zero attached hydrogens (tertiary/aromatic N) is 2.